The minimum absolute atomic E-state index is 0.485. The first-order chi connectivity index (χ1) is 6.45. The number of hydrogen-bond donors (Lipinski definition) is 2. The molecule has 1 aromatic heterocycles. The van der Waals surface area contributed by atoms with Gasteiger partial charge in [-0.15, -0.1) is 0 Å². The molecule has 0 saturated carbocycles. The van der Waals surface area contributed by atoms with Gasteiger partial charge in [0.25, 0.3) is 6.43 Å². The standard InChI is InChI=1S/C6H4F2N2O4/c7-5(8)3-2(11)1-9-6(4(3)12)10(13)14/h1,5,11-12H. The summed E-state index contributed by atoms with van der Waals surface area (Å²) in [6.07, 6.45) is -2.73. The molecule has 0 amide bonds. The molecule has 1 aromatic rings. The van der Waals surface area contributed by atoms with Gasteiger partial charge < -0.3 is 20.3 Å². The Kier molecular flexibility index (Phi) is 2.45. The Hall–Kier alpha value is -1.99. The Labute approximate surface area is 75.6 Å². The molecule has 0 atom stereocenters. The summed E-state index contributed by atoms with van der Waals surface area (Å²) in [4.78, 5) is 12.0. The van der Waals surface area contributed by atoms with Crippen LogP contribution in [0.2, 0.25) is 0 Å². The van der Waals surface area contributed by atoms with Crippen molar-refractivity contribution in [3.8, 4) is 11.5 Å². The van der Waals surface area contributed by atoms with Crippen molar-refractivity contribution in [1.29, 1.82) is 0 Å². The summed E-state index contributed by atoms with van der Waals surface area (Å²) in [5, 5.41) is 28.0. The molecule has 0 fully saturated rings. The van der Waals surface area contributed by atoms with Crippen molar-refractivity contribution < 1.29 is 23.9 Å². The van der Waals surface area contributed by atoms with Crippen molar-refractivity contribution in [3.05, 3.63) is 21.9 Å². The number of rotatable bonds is 2. The lowest BCUT2D eigenvalue weighted by molar-refractivity contribution is -0.390. The van der Waals surface area contributed by atoms with E-state index in [0.717, 1.165) is 0 Å². The lowest BCUT2D eigenvalue weighted by atomic mass is 10.2. The number of pyridine rings is 1. The molecule has 0 bridgehead atoms. The highest BCUT2D eigenvalue weighted by Gasteiger charge is 2.27. The minimum Gasteiger partial charge on any atom is -0.504 e. The number of aromatic hydroxyl groups is 2. The fourth-order valence-electron chi connectivity index (χ4n) is 0.843. The SMILES string of the molecule is O=[N+]([O-])c1ncc(O)c(C(F)F)c1O. The zero-order valence-corrected chi connectivity index (χ0v) is 6.52. The Morgan fingerprint density at radius 3 is 2.50 bits per heavy atom. The number of nitro groups is 1. The normalized spacial score (nSPS) is 10.5. The Bertz CT molecular complexity index is 382. The maximum absolute atomic E-state index is 12.2. The van der Waals surface area contributed by atoms with E-state index in [4.69, 9.17) is 10.2 Å². The molecule has 0 unspecified atom stereocenters. The highest BCUT2D eigenvalue weighted by molar-refractivity contribution is 5.51. The van der Waals surface area contributed by atoms with Crippen LogP contribution in [0.5, 0.6) is 11.5 Å². The van der Waals surface area contributed by atoms with Gasteiger partial charge in [-0.25, -0.2) is 8.78 Å². The zero-order chi connectivity index (χ0) is 10.9. The topological polar surface area (TPSA) is 96.5 Å². The predicted octanol–water partition coefficient (Wildman–Crippen LogP) is 1.34. The van der Waals surface area contributed by atoms with Gasteiger partial charge in [-0.3, -0.25) is 0 Å². The minimum atomic E-state index is -3.21. The molecular formula is C6H4F2N2O4. The zero-order valence-electron chi connectivity index (χ0n) is 6.52. The highest BCUT2D eigenvalue weighted by atomic mass is 19.3. The van der Waals surface area contributed by atoms with Gasteiger partial charge in [-0.05, 0) is 9.91 Å². The van der Waals surface area contributed by atoms with Crippen LogP contribution in [0, 0.1) is 10.1 Å². The van der Waals surface area contributed by atoms with Gasteiger partial charge in [0.15, 0.2) is 11.9 Å². The summed E-state index contributed by atoms with van der Waals surface area (Å²) >= 11 is 0. The lowest BCUT2D eigenvalue weighted by Gasteiger charge is -2.03. The van der Waals surface area contributed by atoms with Gasteiger partial charge >= 0.3 is 5.82 Å². The van der Waals surface area contributed by atoms with E-state index in [1.165, 1.54) is 0 Å². The second-order valence-corrected chi connectivity index (χ2v) is 2.29. The van der Waals surface area contributed by atoms with Crippen molar-refractivity contribution in [2.24, 2.45) is 0 Å². The van der Waals surface area contributed by atoms with Crippen LogP contribution in [0.1, 0.15) is 12.0 Å². The Morgan fingerprint density at radius 2 is 2.07 bits per heavy atom. The van der Waals surface area contributed by atoms with Crippen LogP contribution in [0.25, 0.3) is 0 Å². The second kappa shape index (κ2) is 3.40. The van der Waals surface area contributed by atoms with Gasteiger partial charge in [-0.1, -0.05) is 0 Å². The van der Waals surface area contributed by atoms with E-state index in [1.54, 1.807) is 0 Å². The smallest absolute Gasteiger partial charge is 0.406 e. The van der Waals surface area contributed by atoms with Crippen molar-refractivity contribution in [2.75, 3.05) is 0 Å². The summed E-state index contributed by atoms with van der Waals surface area (Å²) in [6, 6.07) is 0. The summed E-state index contributed by atoms with van der Waals surface area (Å²) in [5.74, 6) is -3.41. The Morgan fingerprint density at radius 1 is 1.50 bits per heavy atom. The van der Waals surface area contributed by atoms with E-state index in [0.29, 0.717) is 6.20 Å². The van der Waals surface area contributed by atoms with Crippen LogP contribution >= 0.6 is 0 Å². The van der Waals surface area contributed by atoms with E-state index < -0.39 is 34.2 Å². The summed E-state index contributed by atoms with van der Waals surface area (Å²) in [5.41, 5.74) is -1.19. The van der Waals surface area contributed by atoms with Gasteiger partial charge in [0.1, 0.15) is 5.56 Å². The van der Waals surface area contributed by atoms with Gasteiger partial charge in [0.05, 0.1) is 0 Å². The van der Waals surface area contributed by atoms with Gasteiger partial charge in [-0.2, -0.15) is 0 Å². The molecule has 0 aliphatic heterocycles. The molecule has 14 heavy (non-hydrogen) atoms. The molecule has 0 aliphatic carbocycles. The van der Waals surface area contributed by atoms with Crippen LogP contribution < -0.4 is 0 Å². The molecular weight excluding hydrogens is 202 g/mol. The monoisotopic (exact) mass is 206 g/mol. The summed E-state index contributed by atoms with van der Waals surface area (Å²) < 4.78 is 24.3. The van der Waals surface area contributed by atoms with Crippen molar-refractivity contribution >= 4 is 5.82 Å². The first-order valence-corrected chi connectivity index (χ1v) is 3.28. The molecule has 0 aromatic carbocycles. The van der Waals surface area contributed by atoms with Crippen molar-refractivity contribution in [1.82, 2.24) is 4.98 Å². The van der Waals surface area contributed by atoms with Crippen LogP contribution in [0.15, 0.2) is 6.20 Å². The largest absolute Gasteiger partial charge is 0.504 e. The molecule has 0 spiro atoms. The third-order valence-electron chi connectivity index (χ3n) is 1.44. The quantitative estimate of drug-likeness (QED) is 0.562. The van der Waals surface area contributed by atoms with Crippen LogP contribution in [-0.2, 0) is 0 Å². The van der Waals surface area contributed by atoms with Crippen molar-refractivity contribution in [2.45, 2.75) is 6.43 Å². The first kappa shape index (κ1) is 10.1. The average Bonchev–Trinajstić information content (AvgIpc) is 2.02. The molecule has 0 saturated heterocycles. The molecule has 6 nitrogen and oxygen atoms in total. The third-order valence-corrected chi connectivity index (χ3v) is 1.44. The highest BCUT2D eigenvalue weighted by Crippen LogP contribution is 2.39. The van der Waals surface area contributed by atoms with Crippen LogP contribution in [0.3, 0.4) is 0 Å². The number of aromatic nitrogens is 1. The van der Waals surface area contributed by atoms with Crippen LogP contribution in [-0.4, -0.2) is 20.1 Å². The van der Waals surface area contributed by atoms with Gasteiger partial charge in [0.2, 0.25) is 5.75 Å². The number of hydrogen-bond acceptors (Lipinski definition) is 5. The lowest BCUT2D eigenvalue weighted by Crippen LogP contribution is -1.96. The molecule has 76 valence electrons. The molecule has 8 heteroatoms. The molecule has 0 aliphatic rings. The molecule has 0 radical (unpaired) electrons. The fraction of sp³-hybridized carbons (Fsp3) is 0.167. The van der Waals surface area contributed by atoms with E-state index in [9.17, 15) is 18.9 Å². The Balaban J connectivity index is 3.41. The summed E-state index contributed by atoms with van der Waals surface area (Å²) in [7, 11) is 0. The second-order valence-electron chi connectivity index (χ2n) is 2.29. The predicted molar refractivity (Wildman–Crippen MR) is 39.2 cm³/mol. The maximum atomic E-state index is 12.2. The van der Waals surface area contributed by atoms with E-state index >= 15 is 0 Å². The van der Waals surface area contributed by atoms with E-state index in [-0.39, 0.29) is 0 Å². The number of alkyl halides is 2. The number of halogens is 2. The molecule has 2 N–H and O–H groups in total. The summed E-state index contributed by atoms with van der Waals surface area (Å²) in [6.45, 7) is 0. The maximum Gasteiger partial charge on any atom is 0.406 e. The molecule has 1 rings (SSSR count). The van der Waals surface area contributed by atoms with Gasteiger partial charge in [0, 0.05) is 0 Å². The first-order valence-electron chi connectivity index (χ1n) is 3.28. The van der Waals surface area contributed by atoms with Crippen molar-refractivity contribution in [3.63, 3.8) is 0 Å². The van der Waals surface area contributed by atoms with E-state index in [1.807, 2.05) is 0 Å². The average molecular weight is 206 g/mol. The fourth-order valence-corrected chi connectivity index (χ4v) is 0.843. The third kappa shape index (κ3) is 1.53. The number of nitrogens with zero attached hydrogens (tertiary/aromatic N) is 2. The molecule has 1 heterocycles. The van der Waals surface area contributed by atoms with Crippen LogP contribution in [0.4, 0.5) is 14.6 Å². The van der Waals surface area contributed by atoms with E-state index in [2.05, 4.69) is 4.98 Å².